The number of nitrogens with one attached hydrogen (secondary N) is 1. The van der Waals surface area contributed by atoms with Crippen molar-refractivity contribution in [3.8, 4) is 0 Å². The van der Waals surface area contributed by atoms with E-state index in [9.17, 15) is 18.0 Å². The van der Waals surface area contributed by atoms with Gasteiger partial charge in [-0.15, -0.1) is 11.3 Å². The summed E-state index contributed by atoms with van der Waals surface area (Å²) in [6.45, 7) is 1.43. The predicted octanol–water partition coefficient (Wildman–Crippen LogP) is 3.74. The number of methoxy groups -OCH3 is 2. The van der Waals surface area contributed by atoms with Crippen LogP contribution in [0.2, 0.25) is 10.0 Å². The molecule has 11 heteroatoms. The van der Waals surface area contributed by atoms with Gasteiger partial charge in [0.1, 0.15) is 4.88 Å². The van der Waals surface area contributed by atoms with Crippen LogP contribution >= 0.6 is 34.5 Å². The Kier molecular flexibility index (Phi) is 6.17. The lowest BCUT2D eigenvalue weighted by Crippen LogP contribution is -2.16. The number of thiophene rings is 1. The number of esters is 2. The van der Waals surface area contributed by atoms with Crippen LogP contribution in [0.25, 0.3) is 0 Å². The fraction of sp³-hybridized carbons (Fsp3) is 0.200. The minimum absolute atomic E-state index is 0.0163. The molecule has 7 nitrogen and oxygen atoms in total. The molecule has 1 N–H and O–H groups in total. The molecule has 0 atom stereocenters. The Morgan fingerprint density at radius 1 is 1.04 bits per heavy atom. The van der Waals surface area contributed by atoms with Crippen LogP contribution in [0.5, 0.6) is 0 Å². The van der Waals surface area contributed by atoms with E-state index in [4.69, 9.17) is 23.2 Å². The first-order chi connectivity index (χ1) is 12.1. The van der Waals surface area contributed by atoms with Gasteiger partial charge in [-0.1, -0.05) is 23.2 Å². The third kappa shape index (κ3) is 4.12. The molecule has 0 aliphatic rings. The zero-order valence-electron chi connectivity index (χ0n) is 13.8. The van der Waals surface area contributed by atoms with E-state index in [1.807, 2.05) is 0 Å². The number of sulfonamides is 1. The summed E-state index contributed by atoms with van der Waals surface area (Å²) in [4.78, 5) is 23.9. The number of ether oxygens (including phenoxy) is 2. The Labute approximate surface area is 163 Å². The van der Waals surface area contributed by atoms with Crippen molar-refractivity contribution < 1.29 is 27.5 Å². The standard InChI is InChI=1S/C15H13Cl2NO6S2/c1-7-11(13(19)23-2)15(25-12(7)14(20)24-3)26(21,22)18-10-5-8(16)4-9(17)6-10/h4-6,18H,1-3H3. The van der Waals surface area contributed by atoms with Crippen LogP contribution < -0.4 is 4.72 Å². The topological polar surface area (TPSA) is 98.8 Å². The predicted molar refractivity (Wildman–Crippen MR) is 99.0 cm³/mol. The summed E-state index contributed by atoms with van der Waals surface area (Å²) in [5, 5.41) is 0.446. The molecule has 0 amide bonds. The van der Waals surface area contributed by atoms with Gasteiger partial charge in [-0.05, 0) is 30.7 Å². The van der Waals surface area contributed by atoms with Gasteiger partial charge in [-0.2, -0.15) is 0 Å². The molecule has 26 heavy (non-hydrogen) atoms. The summed E-state index contributed by atoms with van der Waals surface area (Å²) in [5.74, 6) is -1.65. The van der Waals surface area contributed by atoms with Crippen molar-refractivity contribution in [2.75, 3.05) is 18.9 Å². The summed E-state index contributed by atoms with van der Waals surface area (Å²) in [7, 11) is -1.97. The smallest absolute Gasteiger partial charge is 0.348 e. The Hall–Kier alpha value is -1.81. The molecule has 0 saturated carbocycles. The average molecular weight is 438 g/mol. The lowest BCUT2D eigenvalue weighted by atomic mass is 10.2. The fourth-order valence-corrected chi connectivity index (χ4v) is 5.43. The van der Waals surface area contributed by atoms with E-state index in [0.717, 1.165) is 14.2 Å². The Bertz CT molecular complexity index is 964. The maximum atomic E-state index is 12.8. The molecule has 1 aromatic carbocycles. The molecule has 0 saturated heterocycles. The summed E-state index contributed by atoms with van der Waals surface area (Å²) in [6, 6.07) is 4.14. The second kappa shape index (κ2) is 7.83. The van der Waals surface area contributed by atoms with E-state index in [1.165, 1.54) is 25.1 Å². The zero-order chi connectivity index (χ0) is 19.6. The van der Waals surface area contributed by atoms with E-state index in [-0.39, 0.29) is 35.9 Å². The van der Waals surface area contributed by atoms with Gasteiger partial charge < -0.3 is 9.47 Å². The van der Waals surface area contributed by atoms with E-state index in [0.29, 0.717) is 11.3 Å². The number of hydrogen-bond acceptors (Lipinski definition) is 7. The SMILES string of the molecule is COC(=O)c1sc(S(=O)(=O)Nc2cc(Cl)cc(Cl)c2)c(C(=O)OC)c1C. The minimum atomic E-state index is -4.23. The van der Waals surface area contributed by atoms with Crippen LogP contribution in [-0.4, -0.2) is 34.6 Å². The number of hydrogen-bond donors (Lipinski definition) is 1. The molecular weight excluding hydrogens is 425 g/mol. The molecule has 2 rings (SSSR count). The molecule has 140 valence electrons. The van der Waals surface area contributed by atoms with Gasteiger partial charge in [0, 0.05) is 10.0 Å². The van der Waals surface area contributed by atoms with Crippen LogP contribution in [0.4, 0.5) is 5.69 Å². The van der Waals surface area contributed by atoms with E-state index < -0.39 is 22.0 Å². The molecule has 0 aliphatic carbocycles. The van der Waals surface area contributed by atoms with Crippen LogP contribution in [0, 0.1) is 6.92 Å². The Balaban J connectivity index is 2.60. The van der Waals surface area contributed by atoms with E-state index in [2.05, 4.69) is 14.2 Å². The molecule has 0 aliphatic heterocycles. The van der Waals surface area contributed by atoms with Crippen LogP contribution in [0.3, 0.4) is 0 Å². The normalized spacial score (nSPS) is 11.1. The second-order valence-corrected chi connectivity index (χ2v) is 8.74. The highest BCUT2D eigenvalue weighted by Gasteiger charge is 2.32. The van der Waals surface area contributed by atoms with Gasteiger partial charge in [-0.3, -0.25) is 4.72 Å². The number of rotatable bonds is 5. The second-order valence-electron chi connectivity index (χ2n) is 4.97. The molecule has 2 aromatic rings. The van der Waals surface area contributed by atoms with Crippen molar-refractivity contribution in [3.63, 3.8) is 0 Å². The zero-order valence-corrected chi connectivity index (χ0v) is 16.9. The highest BCUT2D eigenvalue weighted by atomic mass is 35.5. The van der Waals surface area contributed by atoms with Crippen molar-refractivity contribution in [3.05, 3.63) is 44.2 Å². The van der Waals surface area contributed by atoms with Crippen LogP contribution in [-0.2, 0) is 19.5 Å². The number of anilines is 1. The largest absolute Gasteiger partial charge is 0.465 e. The molecule has 1 heterocycles. The van der Waals surface area contributed by atoms with Gasteiger partial charge in [0.15, 0.2) is 4.21 Å². The first-order valence-electron chi connectivity index (χ1n) is 6.89. The molecule has 0 bridgehead atoms. The van der Waals surface area contributed by atoms with Crippen LogP contribution in [0.15, 0.2) is 22.4 Å². The molecular formula is C15H13Cl2NO6S2. The summed E-state index contributed by atoms with van der Waals surface area (Å²) in [6.07, 6.45) is 0. The Morgan fingerprint density at radius 3 is 2.08 bits per heavy atom. The summed E-state index contributed by atoms with van der Waals surface area (Å²) < 4.78 is 36.8. The maximum Gasteiger partial charge on any atom is 0.348 e. The van der Waals surface area contributed by atoms with Gasteiger partial charge in [-0.25, -0.2) is 18.0 Å². The number of halogens is 2. The number of benzene rings is 1. The van der Waals surface area contributed by atoms with Crippen molar-refractivity contribution in [2.45, 2.75) is 11.1 Å². The van der Waals surface area contributed by atoms with Crippen molar-refractivity contribution in [2.24, 2.45) is 0 Å². The monoisotopic (exact) mass is 437 g/mol. The minimum Gasteiger partial charge on any atom is -0.465 e. The van der Waals surface area contributed by atoms with Crippen molar-refractivity contribution >= 4 is 62.2 Å². The van der Waals surface area contributed by atoms with Crippen molar-refractivity contribution in [1.82, 2.24) is 0 Å². The van der Waals surface area contributed by atoms with E-state index >= 15 is 0 Å². The van der Waals surface area contributed by atoms with Gasteiger partial charge >= 0.3 is 11.9 Å². The maximum absolute atomic E-state index is 12.8. The lowest BCUT2D eigenvalue weighted by Gasteiger charge is -2.09. The third-order valence-corrected chi connectivity index (χ3v) is 6.84. The lowest BCUT2D eigenvalue weighted by molar-refractivity contribution is 0.0596. The fourth-order valence-electron chi connectivity index (χ4n) is 2.12. The van der Waals surface area contributed by atoms with Crippen LogP contribution in [0.1, 0.15) is 25.6 Å². The first-order valence-corrected chi connectivity index (χ1v) is 9.95. The summed E-state index contributed by atoms with van der Waals surface area (Å²) in [5.41, 5.74) is 0.0145. The Morgan fingerprint density at radius 2 is 1.58 bits per heavy atom. The van der Waals surface area contributed by atoms with Gasteiger partial charge in [0.2, 0.25) is 0 Å². The first kappa shape index (κ1) is 20.5. The quantitative estimate of drug-likeness (QED) is 0.715. The van der Waals surface area contributed by atoms with Crippen molar-refractivity contribution in [1.29, 1.82) is 0 Å². The highest BCUT2D eigenvalue weighted by molar-refractivity contribution is 7.94. The average Bonchev–Trinajstić information content (AvgIpc) is 2.90. The highest BCUT2D eigenvalue weighted by Crippen LogP contribution is 2.35. The molecule has 0 fully saturated rings. The molecule has 0 radical (unpaired) electrons. The van der Waals surface area contributed by atoms with Gasteiger partial charge in [0.25, 0.3) is 10.0 Å². The van der Waals surface area contributed by atoms with Gasteiger partial charge in [0.05, 0.1) is 25.5 Å². The van der Waals surface area contributed by atoms with E-state index in [1.54, 1.807) is 0 Å². The molecule has 1 aromatic heterocycles. The summed E-state index contributed by atoms with van der Waals surface area (Å²) >= 11 is 12.3. The third-order valence-electron chi connectivity index (χ3n) is 3.23. The molecule has 0 unspecified atom stereocenters. The number of carbonyl (C=O) groups excluding carboxylic acids is 2. The number of carbonyl (C=O) groups is 2. The molecule has 0 spiro atoms.